The van der Waals surface area contributed by atoms with Crippen molar-refractivity contribution in [1.82, 2.24) is 4.31 Å². The molecule has 1 aromatic carbocycles. The number of furan rings is 1. The summed E-state index contributed by atoms with van der Waals surface area (Å²) in [5.41, 5.74) is 0.631. The minimum atomic E-state index is -4.42. The third kappa shape index (κ3) is 4.95. The summed E-state index contributed by atoms with van der Waals surface area (Å²) < 4.78 is 34.1. The predicted octanol–water partition coefficient (Wildman–Crippen LogP) is 5.01. The van der Waals surface area contributed by atoms with Gasteiger partial charge in [-0.1, -0.05) is 49.6 Å². The number of nitrogens with zero attached hydrogens (tertiary/aromatic N) is 2. The molecule has 2 aromatic heterocycles. The summed E-state index contributed by atoms with van der Waals surface area (Å²) in [5, 5.41) is 19.8. The van der Waals surface area contributed by atoms with Gasteiger partial charge in [-0.25, -0.2) is 18.0 Å². The number of hydrogen-bond donors (Lipinski definition) is 2. The standard InChI is InChI=1S/C28H30N2O8S2/c1-16-24(27(32)33)26(17(2)38-16)40(36,37)29-14-21(18-9-5-3-6-10-18)30(23(31)15-29)20-13-22(39-25(20)28(34)35)19-11-7-4-8-12-19/h4,7-8,11-13,18,21H,3,5-6,9-10,14-15H2,1-2H3,(H,32,33)(H,34,35). The van der Waals surface area contributed by atoms with Crippen LogP contribution >= 0.6 is 11.3 Å². The van der Waals surface area contributed by atoms with Gasteiger partial charge in [0.25, 0.3) is 0 Å². The van der Waals surface area contributed by atoms with Crippen molar-refractivity contribution in [2.45, 2.75) is 56.9 Å². The van der Waals surface area contributed by atoms with Crippen LogP contribution in [0.1, 0.15) is 63.7 Å². The lowest BCUT2D eigenvalue weighted by Gasteiger charge is -2.44. The van der Waals surface area contributed by atoms with Gasteiger partial charge in [-0.3, -0.25) is 4.79 Å². The Hall–Kier alpha value is -3.48. The Labute approximate surface area is 235 Å². The molecule has 212 valence electrons. The van der Waals surface area contributed by atoms with Gasteiger partial charge >= 0.3 is 11.9 Å². The molecule has 40 heavy (non-hydrogen) atoms. The number of benzene rings is 1. The largest absolute Gasteiger partial charge is 0.478 e. The van der Waals surface area contributed by atoms with Crippen molar-refractivity contribution < 1.29 is 37.4 Å². The van der Waals surface area contributed by atoms with Crippen LogP contribution in [0.3, 0.4) is 0 Å². The Morgan fingerprint density at radius 1 is 1.00 bits per heavy atom. The third-order valence-corrected chi connectivity index (χ3v) is 10.9. The maximum Gasteiger partial charge on any atom is 0.348 e. The molecule has 1 unspecified atom stereocenters. The van der Waals surface area contributed by atoms with E-state index in [1.54, 1.807) is 6.07 Å². The first kappa shape index (κ1) is 28.1. The Balaban J connectivity index is 1.59. The van der Waals surface area contributed by atoms with Crippen LogP contribution < -0.4 is 4.90 Å². The van der Waals surface area contributed by atoms with Crippen LogP contribution in [0.25, 0.3) is 10.4 Å². The zero-order valence-corrected chi connectivity index (χ0v) is 23.8. The van der Waals surface area contributed by atoms with Crippen molar-refractivity contribution >= 4 is 44.9 Å². The maximum absolute atomic E-state index is 13.9. The lowest BCUT2D eigenvalue weighted by molar-refractivity contribution is -0.121. The number of amides is 1. The smallest absolute Gasteiger partial charge is 0.348 e. The summed E-state index contributed by atoms with van der Waals surface area (Å²) in [6.45, 7) is 2.14. The topological polar surface area (TPSA) is 145 Å². The summed E-state index contributed by atoms with van der Waals surface area (Å²) in [5.74, 6) is -3.29. The van der Waals surface area contributed by atoms with Crippen LogP contribution in [0, 0.1) is 19.8 Å². The molecule has 3 aromatic rings. The number of thiophene rings is 1. The molecule has 2 N–H and O–H groups in total. The van der Waals surface area contributed by atoms with E-state index in [2.05, 4.69) is 0 Å². The number of sulfonamides is 1. The van der Waals surface area contributed by atoms with Gasteiger partial charge in [-0.2, -0.15) is 4.31 Å². The molecule has 12 heteroatoms. The molecule has 1 atom stereocenters. The summed E-state index contributed by atoms with van der Waals surface area (Å²) >= 11 is 1.08. The number of carbonyl (C=O) groups is 3. The molecule has 2 fully saturated rings. The van der Waals surface area contributed by atoms with Crippen molar-refractivity contribution in [3.63, 3.8) is 0 Å². The molecule has 2 aliphatic rings. The number of aryl methyl sites for hydroxylation is 2. The van der Waals surface area contributed by atoms with Crippen molar-refractivity contribution in [2.75, 3.05) is 18.0 Å². The van der Waals surface area contributed by atoms with E-state index in [1.165, 1.54) is 18.7 Å². The fourth-order valence-electron chi connectivity index (χ4n) is 5.95. The van der Waals surface area contributed by atoms with Crippen LogP contribution in [0.2, 0.25) is 0 Å². The van der Waals surface area contributed by atoms with Crippen LogP contribution in [-0.4, -0.2) is 59.9 Å². The molecular formula is C28H30N2O8S2. The highest BCUT2D eigenvalue weighted by Crippen LogP contribution is 2.42. The van der Waals surface area contributed by atoms with E-state index < -0.39 is 50.9 Å². The fourth-order valence-corrected chi connectivity index (χ4v) is 8.73. The number of piperazine rings is 1. The second-order valence-electron chi connectivity index (χ2n) is 10.2. The van der Waals surface area contributed by atoms with E-state index in [0.717, 1.165) is 53.3 Å². The average molecular weight is 587 g/mol. The SMILES string of the molecule is Cc1oc(C)c(S(=O)(=O)N2CC(=O)N(c3cc(-c4ccccc4)sc3C(=O)O)C(C3CCCCC3)C2)c1C(=O)O. The fraction of sp³-hybridized carbons (Fsp3) is 0.393. The number of rotatable bonds is 7. The molecular weight excluding hydrogens is 556 g/mol. The minimum Gasteiger partial charge on any atom is -0.478 e. The molecule has 0 spiro atoms. The van der Waals surface area contributed by atoms with E-state index in [1.807, 2.05) is 30.3 Å². The number of hydrogen-bond acceptors (Lipinski definition) is 7. The lowest BCUT2D eigenvalue weighted by atomic mass is 9.82. The summed E-state index contributed by atoms with van der Waals surface area (Å²) in [7, 11) is -4.42. The van der Waals surface area contributed by atoms with Gasteiger partial charge in [-0.15, -0.1) is 11.3 Å². The number of carboxylic acids is 2. The first-order valence-electron chi connectivity index (χ1n) is 13.1. The van der Waals surface area contributed by atoms with Crippen LogP contribution in [0.5, 0.6) is 0 Å². The van der Waals surface area contributed by atoms with Gasteiger partial charge in [0.2, 0.25) is 15.9 Å². The Morgan fingerprint density at radius 2 is 1.68 bits per heavy atom. The summed E-state index contributed by atoms with van der Waals surface area (Å²) in [4.78, 5) is 39.9. The van der Waals surface area contributed by atoms with Gasteiger partial charge in [-0.05, 0) is 44.2 Å². The van der Waals surface area contributed by atoms with E-state index in [-0.39, 0.29) is 34.5 Å². The molecule has 5 rings (SSSR count). The molecule has 3 heterocycles. The number of aromatic carboxylic acids is 2. The van der Waals surface area contributed by atoms with Gasteiger partial charge in [0.1, 0.15) is 26.9 Å². The van der Waals surface area contributed by atoms with Crippen molar-refractivity contribution in [1.29, 1.82) is 0 Å². The summed E-state index contributed by atoms with van der Waals surface area (Å²) in [6.07, 6.45) is 4.41. The first-order chi connectivity index (χ1) is 19.0. The molecule has 0 bridgehead atoms. The zero-order valence-electron chi connectivity index (χ0n) is 22.1. The third-order valence-electron chi connectivity index (χ3n) is 7.74. The Morgan fingerprint density at radius 3 is 2.30 bits per heavy atom. The summed E-state index contributed by atoms with van der Waals surface area (Å²) in [6, 6.07) is 10.4. The quantitative estimate of drug-likeness (QED) is 0.393. The second-order valence-corrected chi connectivity index (χ2v) is 13.2. The van der Waals surface area contributed by atoms with Gasteiger partial charge in [0.15, 0.2) is 0 Å². The monoisotopic (exact) mass is 586 g/mol. The van der Waals surface area contributed by atoms with Crippen molar-refractivity contribution in [2.24, 2.45) is 5.92 Å². The van der Waals surface area contributed by atoms with Crippen LogP contribution in [-0.2, 0) is 14.8 Å². The maximum atomic E-state index is 13.9. The second kappa shape index (κ2) is 10.8. The van der Waals surface area contributed by atoms with Crippen LogP contribution in [0.15, 0.2) is 45.7 Å². The van der Waals surface area contributed by atoms with E-state index in [4.69, 9.17) is 4.42 Å². The van der Waals surface area contributed by atoms with Gasteiger partial charge in [0, 0.05) is 11.4 Å². The lowest BCUT2D eigenvalue weighted by Crippen LogP contribution is -2.60. The minimum absolute atomic E-state index is 0.0128. The number of anilines is 1. The number of carboxylic acid groups (broad SMARTS) is 2. The highest BCUT2D eigenvalue weighted by atomic mass is 32.2. The van der Waals surface area contributed by atoms with E-state index >= 15 is 0 Å². The normalized spacial score (nSPS) is 19.2. The molecule has 1 amide bonds. The molecule has 1 aliphatic heterocycles. The molecule has 1 aliphatic carbocycles. The number of carbonyl (C=O) groups excluding carboxylic acids is 1. The zero-order chi connectivity index (χ0) is 28.8. The first-order valence-corrected chi connectivity index (χ1v) is 15.3. The highest BCUT2D eigenvalue weighted by molar-refractivity contribution is 7.89. The van der Waals surface area contributed by atoms with Gasteiger partial charge < -0.3 is 19.5 Å². The Kier molecular flexibility index (Phi) is 7.60. The van der Waals surface area contributed by atoms with Crippen LogP contribution in [0.4, 0.5) is 5.69 Å². The van der Waals surface area contributed by atoms with Crippen molar-refractivity contribution in [3.05, 3.63) is 58.4 Å². The van der Waals surface area contributed by atoms with E-state index in [0.29, 0.717) is 4.88 Å². The molecule has 1 saturated carbocycles. The molecule has 1 saturated heterocycles. The highest BCUT2D eigenvalue weighted by Gasteiger charge is 2.46. The van der Waals surface area contributed by atoms with E-state index in [9.17, 15) is 33.0 Å². The average Bonchev–Trinajstić information content (AvgIpc) is 3.50. The van der Waals surface area contributed by atoms with Crippen molar-refractivity contribution in [3.8, 4) is 10.4 Å². The Bertz CT molecular complexity index is 1570. The molecule has 0 radical (unpaired) electrons. The predicted molar refractivity (Wildman–Crippen MR) is 148 cm³/mol. The van der Waals surface area contributed by atoms with Gasteiger partial charge in [0.05, 0.1) is 18.3 Å². The molecule has 10 nitrogen and oxygen atoms in total.